The second kappa shape index (κ2) is 7.71. The van der Waals surface area contributed by atoms with Gasteiger partial charge in [0.1, 0.15) is 11.5 Å². The molecule has 7 heteroatoms. The number of benzene rings is 2. The summed E-state index contributed by atoms with van der Waals surface area (Å²) in [5.74, 6) is 0.819. The number of nitrogens with zero attached hydrogens (tertiary/aromatic N) is 4. The minimum absolute atomic E-state index is 0.0183. The van der Waals surface area contributed by atoms with E-state index in [4.69, 9.17) is 5.73 Å². The van der Waals surface area contributed by atoms with E-state index in [9.17, 15) is 4.79 Å². The molecule has 29 heavy (non-hydrogen) atoms. The summed E-state index contributed by atoms with van der Waals surface area (Å²) in [5, 5.41) is 3.20. The van der Waals surface area contributed by atoms with Crippen molar-refractivity contribution in [1.29, 1.82) is 0 Å². The van der Waals surface area contributed by atoms with Crippen molar-refractivity contribution in [3.63, 3.8) is 0 Å². The molecular formula is C22H22N6O. The summed E-state index contributed by atoms with van der Waals surface area (Å²) in [6.07, 6.45) is 1.92. The third-order valence-electron chi connectivity index (χ3n) is 4.80. The summed E-state index contributed by atoms with van der Waals surface area (Å²) < 4.78 is 0. The van der Waals surface area contributed by atoms with E-state index in [1.54, 1.807) is 12.3 Å². The molecule has 0 saturated heterocycles. The Balaban J connectivity index is 1.51. The molecule has 1 aliphatic heterocycles. The van der Waals surface area contributed by atoms with Gasteiger partial charge >= 0.3 is 0 Å². The number of carbonyl (C=O) groups excluding carboxylic acids is 1. The first-order valence-corrected chi connectivity index (χ1v) is 9.32. The number of ketones is 1. The first-order valence-electron chi connectivity index (χ1n) is 9.32. The molecule has 4 rings (SSSR count). The predicted molar refractivity (Wildman–Crippen MR) is 116 cm³/mol. The van der Waals surface area contributed by atoms with Crippen LogP contribution in [0.4, 0.5) is 23.1 Å². The first-order chi connectivity index (χ1) is 14.0. The maximum absolute atomic E-state index is 12.9. The average molecular weight is 386 g/mol. The van der Waals surface area contributed by atoms with Crippen LogP contribution in [0.5, 0.6) is 0 Å². The molecule has 146 valence electrons. The van der Waals surface area contributed by atoms with E-state index in [2.05, 4.69) is 20.3 Å². The molecule has 3 aromatic rings. The number of fused-ring (bicyclic) bond motifs is 1. The predicted octanol–water partition coefficient (Wildman–Crippen LogP) is 2.98. The highest BCUT2D eigenvalue weighted by atomic mass is 16.1. The van der Waals surface area contributed by atoms with Crippen molar-refractivity contribution in [3.8, 4) is 0 Å². The lowest BCUT2D eigenvalue weighted by atomic mass is 9.98. The minimum atomic E-state index is 0.0183. The Kier molecular flexibility index (Phi) is 4.95. The molecule has 3 N–H and O–H groups in total. The molecule has 0 spiro atoms. The van der Waals surface area contributed by atoms with Crippen molar-refractivity contribution >= 4 is 34.6 Å². The van der Waals surface area contributed by atoms with Crippen LogP contribution >= 0.6 is 0 Å². The zero-order valence-corrected chi connectivity index (χ0v) is 16.4. The molecule has 1 aromatic heterocycles. The van der Waals surface area contributed by atoms with Crippen molar-refractivity contribution < 1.29 is 4.79 Å². The topological polar surface area (TPSA) is 96.5 Å². The number of anilines is 4. The molecule has 2 heterocycles. The van der Waals surface area contributed by atoms with E-state index in [0.29, 0.717) is 24.5 Å². The molecule has 0 fully saturated rings. The van der Waals surface area contributed by atoms with Gasteiger partial charge in [0.05, 0.1) is 6.54 Å². The van der Waals surface area contributed by atoms with Crippen LogP contribution in [0.15, 0.2) is 59.7 Å². The standard InChI is InChI=1S/C22H22N6O/c1-28(2)17-7-3-14(4-8-17)11-19(29)21-18-12-16(6-5-15(18)13-25-21)26-20-9-10-24-22(23)27-20/h3-10,12H,11,13H2,1-2H3,(H3,23,24,26,27). The van der Waals surface area contributed by atoms with Crippen LogP contribution < -0.4 is 16.0 Å². The number of hydrogen-bond acceptors (Lipinski definition) is 7. The number of nitrogens with one attached hydrogen (secondary N) is 1. The lowest BCUT2D eigenvalue weighted by Gasteiger charge is -2.12. The zero-order chi connectivity index (χ0) is 20.4. The highest BCUT2D eigenvalue weighted by molar-refractivity contribution is 6.47. The van der Waals surface area contributed by atoms with E-state index in [1.807, 2.05) is 61.5 Å². The summed E-state index contributed by atoms with van der Waals surface area (Å²) in [6, 6.07) is 15.6. The number of hydrogen-bond donors (Lipinski definition) is 2. The van der Waals surface area contributed by atoms with Gasteiger partial charge < -0.3 is 16.0 Å². The maximum Gasteiger partial charge on any atom is 0.221 e. The Bertz CT molecular complexity index is 1090. The maximum atomic E-state index is 12.9. The van der Waals surface area contributed by atoms with Crippen LogP contribution in [0.25, 0.3) is 0 Å². The number of Topliss-reactive ketones (excluding diaryl/α,β-unsaturated/α-hetero) is 1. The number of rotatable bonds is 6. The lowest BCUT2D eigenvalue weighted by molar-refractivity contribution is -0.112. The number of carbonyl (C=O) groups is 1. The van der Waals surface area contributed by atoms with E-state index >= 15 is 0 Å². The molecule has 7 nitrogen and oxygen atoms in total. The highest BCUT2D eigenvalue weighted by Crippen LogP contribution is 2.26. The second-order valence-electron chi connectivity index (χ2n) is 7.12. The molecule has 0 atom stereocenters. The van der Waals surface area contributed by atoms with E-state index in [1.165, 1.54) is 0 Å². The zero-order valence-electron chi connectivity index (χ0n) is 16.4. The van der Waals surface area contributed by atoms with Gasteiger partial charge in [-0.1, -0.05) is 18.2 Å². The fourth-order valence-electron chi connectivity index (χ4n) is 3.27. The van der Waals surface area contributed by atoms with Crippen LogP contribution in [0.3, 0.4) is 0 Å². The largest absolute Gasteiger partial charge is 0.378 e. The van der Waals surface area contributed by atoms with E-state index in [0.717, 1.165) is 28.1 Å². The van der Waals surface area contributed by atoms with Crippen LogP contribution in [0, 0.1) is 0 Å². The van der Waals surface area contributed by atoms with Crippen molar-refractivity contribution in [2.45, 2.75) is 13.0 Å². The highest BCUT2D eigenvalue weighted by Gasteiger charge is 2.22. The fourth-order valence-corrected chi connectivity index (χ4v) is 3.27. The smallest absolute Gasteiger partial charge is 0.221 e. The van der Waals surface area contributed by atoms with Gasteiger partial charge in [0, 0.05) is 43.7 Å². The van der Waals surface area contributed by atoms with Crippen LogP contribution in [-0.4, -0.2) is 35.6 Å². The molecule has 0 aliphatic carbocycles. The van der Waals surface area contributed by atoms with Crippen LogP contribution in [0.1, 0.15) is 16.7 Å². The molecular weight excluding hydrogens is 364 g/mol. The summed E-state index contributed by atoms with van der Waals surface area (Å²) in [6.45, 7) is 0.525. The summed E-state index contributed by atoms with van der Waals surface area (Å²) in [4.78, 5) is 27.5. The normalized spacial score (nSPS) is 12.3. The first kappa shape index (κ1) is 18.6. The van der Waals surface area contributed by atoms with Gasteiger partial charge in [-0.2, -0.15) is 4.98 Å². The summed E-state index contributed by atoms with van der Waals surface area (Å²) in [5.41, 5.74) is 11.0. The Hall–Kier alpha value is -3.74. The fraction of sp³-hybridized carbons (Fsp3) is 0.182. The van der Waals surface area contributed by atoms with Gasteiger partial charge in [0.25, 0.3) is 0 Å². The molecule has 2 aromatic carbocycles. The SMILES string of the molecule is CN(C)c1ccc(CC(=O)C2=NCc3ccc(Nc4ccnc(N)n4)cc32)cc1. The molecule has 1 aliphatic rings. The van der Waals surface area contributed by atoms with Crippen molar-refractivity contribution in [2.75, 3.05) is 30.0 Å². The third kappa shape index (κ3) is 4.08. The van der Waals surface area contributed by atoms with Gasteiger partial charge in [-0.25, -0.2) is 4.98 Å². The Morgan fingerprint density at radius 2 is 1.93 bits per heavy atom. The summed E-state index contributed by atoms with van der Waals surface area (Å²) in [7, 11) is 3.98. The lowest BCUT2D eigenvalue weighted by Crippen LogP contribution is -2.17. The Labute approximate surface area is 169 Å². The molecule has 0 radical (unpaired) electrons. The Morgan fingerprint density at radius 3 is 2.66 bits per heavy atom. The average Bonchev–Trinajstić information content (AvgIpc) is 3.12. The monoisotopic (exact) mass is 386 g/mol. The van der Waals surface area contributed by atoms with Crippen LogP contribution in [-0.2, 0) is 17.8 Å². The second-order valence-corrected chi connectivity index (χ2v) is 7.12. The van der Waals surface area contributed by atoms with E-state index in [-0.39, 0.29) is 11.7 Å². The third-order valence-corrected chi connectivity index (χ3v) is 4.80. The van der Waals surface area contributed by atoms with Crippen LogP contribution in [0.2, 0.25) is 0 Å². The van der Waals surface area contributed by atoms with Gasteiger partial charge in [-0.15, -0.1) is 0 Å². The quantitative estimate of drug-likeness (QED) is 0.676. The molecule has 0 unspecified atom stereocenters. The van der Waals surface area contributed by atoms with Crippen molar-refractivity contribution in [2.24, 2.45) is 4.99 Å². The molecule has 0 amide bonds. The van der Waals surface area contributed by atoms with Gasteiger partial charge in [0.15, 0.2) is 5.78 Å². The molecule has 0 bridgehead atoms. The van der Waals surface area contributed by atoms with Gasteiger partial charge in [-0.05, 0) is 41.5 Å². The minimum Gasteiger partial charge on any atom is -0.378 e. The number of aromatic nitrogens is 2. The summed E-state index contributed by atoms with van der Waals surface area (Å²) >= 11 is 0. The van der Waals surface area contributed by atoms with Gasteiger partial charge in [-0.3, -0.25) is 9.79 Å². The molecule has 0 saturated carbocycles. The Morgan fingerprint density at radius 1 is 1.14 bits per heavy atom. The van der Waals surface area contributed by atoms with Crippen molar-refractivity contribution in [1.82, 2.24) is 9.97 Å². The number of aliphatic imine (C=N–C) groups is 1. The van der Waals surface area contributed by atoms with Crippen molar-refractivity contribution in [3.05, 3.63) is 71.4 Å². The number of nitrogens with two attached hydrogens (primary N) is 1. The number of nitrogen functional groups attached to an aromatic ring is 1. The van der Waals surface area contributed by atoms with Gasteiger partial charge in [0.2, 0.25) is 5.95 Å². The van der Waals surface area contributed by atoms with E-state index < -0.39 is 0 Å².